The van der Waals surface area contributed by atoms with E-state index in [9.17, 15) is 0 Å². The van der Waals surface area contributed by atoms with Gasteiger partial charge in [-0.05, 0) is 0 Å². The second-order valence-corrected chi connectivity index (χ2v) is 2.21. The zero-order valence-corrected chi connectivity index (χ0v) is 6.02. The highest BCUT2D eigenvalue weighted by Gasteiger charge is 2.12. The SMILES string of the molecule is C=C1CN=C(CC)N1C. The summed E-state index contributed by atoms with van der Waals surface area (Å²) in [6.07, 6.45) is 1.01. The Morgan fingerprint density at radius 3 is 2.67 bits per heavy atom. The minimum atomic E-state index is 0.791. The molecule has 1 aliphatic rings. The van der Waals surface area contributed by atoms with Gasteiger partial charge in [-0.2, -0.15) is 0 Å². The molecule has 1 heterocycles. The van der Waals surface area contributed by atoms with Crippen LogP contribution in [0.4, 0.5) is 0 Å². The Labute approximate surface area is 55.9 Å². The van der Waals surface area contributed by atoms with Gasteiger partial charge in [0.05, 0.1) is 6.54 Å². The molecule has 0 bridgehead atoms. The first-order chi connectivity index (χ1) is 4.25. The van der Waals surface area contributed by atoms with Gasteiger partial charge in [-0.3, -0.25) is 4.99 Å². The lowest BCUT2D eigenvalue weighted by Crippen LogP contribution is -2.19. The highest BCUT2D eigenvalue weighted by molar-refractivity contribution is 5.85. The number of likely N-dealkylation sites (N-methyl/N-ethyl adjacent to an activating group) is 1. The number of hydrogen-bond acceptors (Lipinski definition) is 2. The van der Waals surface area contributed by atoms with E-state index in [2.05, 4.69) is 23.4 Å². The molecule has 0 unspecified atom stereocenters. The van der Waals surface area contributed by atoms with Crippen LogP contribution in [-0.4, -0.2) is 24.3 Å². The smallest absolute Gasteiger partial charge is 0.103 e. The third kappa shape index (κ3) is 0.969. The van der Waals surface area contributed by atoms with E-state index in [-0.39, 0.29) is 0 Å². The van der Waals surface area contributed by atoms with Crippen LogP contribution in [0, 0.1) is 0 Å². The number of hydrogen-bond donors (Lipinski definition) is 0. The molecule has 1 rings (SSSR count). The fourth-order valence-corrected chi connectivity index (χ4v) is 0.926. The standard InChI is InChI=1S/C7H12N2/c1-4-7-8-5-6(2)9(7)3/h2,4-5H2,1,3H3. The Bertz CT molecular complexity index is 158. The van der Waals surface area contributed by atoms with E-state index in [0.29, 0.717) is 0 Å². The van der Waals surface area contributed by atoms with E-state index >= 15 is 0 Å². The molecule has 2 heteroatoms. The van der Waals surface area contributed by atoms with Gasteiger partial charge >= 0.3 is 0 Å². The fourth-order valence-electron chi connectivity index (χ4n) is 0.926. The molecule has 0 aromatic rings. The van der Waals surface area contributed by atoms with Gasteiger partial charge in [0.2, 0.25) is 0 Å². The zero-order valence-electron chi connectivity index (χ0n) is 6.02. The molecular formula is C7H12N2. The van der Waals surface area contributed by atoms with Crippen molar-refractivity contribution >= 4 is 5.84 Å². The van der Waals surface area contributed by atoms with Crippen LogP contribution < -0.4 is 0 Å². The summed E-state index contributed by atoms with van der Waals surface area (Å²) in [5.74, 6) is 1.15. The Morgan fingerprint density at radius 1 is 1.78 bits per heavy atom. The number of amidine groups is 1. The van der Waals surface area contributed by atoms with Crippen molar-refractivity contribution in [3.63, 3.8) is 0 Å². The molecule has 0 N–H and O–H groups in total. The van der Waals surface area contributed by atoms with Crippen molar-refractivity contribution in [2.75, 3.05) is 13.6 Å². The number of rotatable bonds is 1. The average molecular weight is 124 g/mol. The molecule has 0 spiro atoms. The van der Waals surface area contributed by atoms with E-state index in [4.69, 9.17) is 0 Å². The van der Waals surface area contributed by atoms with Gasteiger partial charge in [0.25, 0.3) is 0 Å². The van der Waals surface area contributed by atoms with Crippen LogP contribution in [0.5, 0.6) is 0 Å². The molecule has 0 atom stereocenters. The van der Waals surface area contributed by atoms with Crippen molar-refractivity contribution in [3.05, 3.63) is 12.3 Å². The first kappa shape index (κ1) is 6.33. The number of nitrogens with zero attached hydrogens (tertiary/aromatic N) is 2. The second-order valence-electron chi connectivity index (χ2n) is 2.21. The second kappa shape index (κ2) is 2.21. The van der Waals surface area contributed by atoms with Crippen molar-refractivity contribution in [2.24, 2.45) is 4.99 Å². The Hall–Kier alpha value is -0.790. The summed E-state index contributed by atoms with van der Waals surface area (Å²) in [4.78, 5) is 6.31. The highest BCUT2D eigenvalue weighted by atomic mass is 15.2. The molecule has 0 amide bonds. The summed E-state index contributed by atoms with van der Waals surface area (Å²) in [6, 6.07) is 0. The Kier molecular flexibility index (Phi) is 1.56. The number of aliphatic imine (C=N–C) groups is 1. The van der Waals surface area contributed by atoms with Gasteiger partial charge in [-0.1, -0.05) is 13.5 Å². The fraction of sp³-hybridized carbons (Fsp3) is 0.571. The van der Waals surface area contributed by atoms with Gasteiger partial charge in [-0.25, -0.2) is 0 Å². The molecule has 0 fully saturated rings. The molecule has 0 saturated carbocycles. The van der Waals surface area contributed by atoms with Crippen molar-refractivity contribution in [1.29, 1.82) is 0 Å². The summed E-state index contributed by atoms with van der Waals surface area (Å²) in [5.41, 5.74) is 1.10. The van der Waals surface area contributed by atoms with Crippen molar-refractivity contribution in [3.8, 4) is 0 Å². The van der Waals surface area contributed by atoms with E-state index < -0.39 is 0 Å². The summed E-state index contributed by atoms with van der Waals surface area (Å²) >= 11 is 0. The predicted octanol–water partition coefficient (Wildman–Crippen LogP) is 1.25. The summed E-state index contributed by atoms with van der Waals surface area (Å²) in [5, 5.41) is 0. The van der Waals surface area contributed by atoms with E-state index in [0.717, 1.165) is 24.5 Å². The monoisotopic (exact) mass is 124 g/mol. The Balaban J connectivity index is 2.66. The molecule has 1 aliphatic heterocycles. The van der Waals surface area contributed by atoms with Gasteiger partial charge in [0.15, 0.2) is 0 Å². The molecule has 0 aromatic carbocycles. The Morgan fingerprint density at radius 2 is 2.44 bits per heavy atom. The first-order valence-electron chi connectivity index (χ1n) is 3.20. The quantitative estimate of drug-likeness (QED) is 0.513. The first-order valence-corrected chi connectivity index (χ1v) is 3.20. The van der Waals surface area contributed by atoms with E-state index in [1.54, 1.807) is 0 Å². The van der Waals surface area contributed by atoms with Gasteiger partial charge in [0, 0.05) is 19.2 Å². The van der Waals surface area contributed by atoms with Crippen molar-refractivity contribution in [1.82, 2.24) is 4.90 Å². The van der Waals surface area contributed by atoms with Crippen LogP contribution in [0.15, 0.2) is 17.3 Å². The average Bonchev–Trinajstić information content (AvgIpc) is 2.15. The van der Waals surface area contributed by atoms with E-state index in [1.807, 2.05) is 7.05 Å². The third-order valence-electron chi connectivity index (χ3n) is 1.62. The third-order valence-corrected chi connectivity index (χ3v) is 1.62. The van der Waals surface area contributed by atoms with Gasteiger partial charge in [-0.15, -0.1) is 0 Å². The highest BCUT2D eigenvalue weighted by Crippen LogP contribution is 2.10. The molecule has 9 heavy (non-hydrogen) atoms. The van der Waals surface area contributed by atoms with Crippen molar-refractivity contribution < 1.29 is 0 Å². The van der Waals surface area contributed by atoms with Crippen LogP contribution in [-0.2, 0) is 0 Å². The molecule has 0 saturated heterocycles. The molecular weight excluding hydrogens is 112 g/mol. The van der Waals surface area contributed by atoms with Gasteiger partial charge in [0.1, 0.15) is 5.84 Å². The maximum Gasteiger partial charge on any atom is 0.103 e. The topological polar surface area (TPSA) is 15.6 Å². The van der Waals surface area contributed by atoms with Crippen LogP contribution in [0.2, 0.25) is 0 Å². The largest absolute Gasteiger partial charge is 0.336 e. The van der Waals surface area contributed by atoms with Crippen LogP contribution in [0.1, 0.15) is 13.3 Å². The molecule has 0 radical (unpaired) electrons. The molecule has 50 valence electrons. The lowest BCUT2D eigenvalue weighted by atomic mass is 10.4. The lowest BCUT2D eigenvalue weighted by molar-refractivity contribution is 0.640. The van der Waals surface area contributed by atoms with Crippen molar-refractivity contribution in [2.45, 2.75) is 13.3 Å². The molecule has 0 aromatic heterocycles. The summed E-state index contributed by atoms with van der Waals surface area (Å²) in [7, 11) is 2.01. The van der Waals surface area contributed by atoms with E-state index in [1.165, 1.54) is 0 Å². The summed E-state index contributed by atoms with van der Waals surface area (Å²) < 4.78 is 0. The maximum atomic E-state index is 4.26. The maximum absolute atomic E-state index is 4.26. The zero-order chi connectivity index (χ0) is 6.85. The van der Waals surface area contributed by atoms with Crippen LogP contribution in [0.25, 0.3) is 0 Å². The van der Waals surface area contributed by atoms with Crippen LogP contribution >= 0.6 is 0 Å². The predicted molar refractivity (Wildman–Crippen MR) is 39.5 cm³/mol. The lowest BCUT2D eigenvalue weighted by Gasteiger charge is -2.12. The normalized spacial score (nSPS) is 18.7. The minimum Gasteiger partial charge on any atom is -0.336 e. The van der Waals surface area contributed by atoms with Crippen LogP contribution in [0.3, 0.4) is 0 Å². The van der Waals surface area contributed by atoms with Gasteiger partial charge < -0.3 is 4.90 Å². The molecule has 0 aliphatic carbocycles. The summed E-state index contributed by atoms with van der Waals surface area (Å²) in [6.45, 7) is 6.74. The molecule has 2 nitrogen and oxygen atoms in total. The minimum absolute atomic E-state index is 0.791.